The van der Waals surface area contributed by atoms with E-state index in [2.05, 4.69) is 11.0 Å². The maximum Gasteiger partial charge on any atom is 0.410 e. The van der Waals surface area contributed by atoms with Crippen LogP contribution in [0.1, 0.15) is 49.5 Å². The van der Waals surface area contributed by atoms with Gasteiger partial charge in [0.25, 0.3) is 0 Å². The number of anilines is 2. The van der Waals surface area contributed by atoms with Gasteiger partial charge in [0.2, 0.25) is 0 Å². The molecule has 6 nitrogen and oxygen atoms in total. The minimum atomic E-state index is -0.478. The lowest BCUT2D eigenvalue weighted by Gasteiger charge is -2.33. The molecule has 164 valence electrons. The number of hydrogen-bond acceptors (Lipinski definition) is 5. The van der Waals surface area contributed by atoms with E-state index in [1.165, 1.54) is 5.56 Å². The van der Waals surface area contributed by atoms with Crippen LogP contribution in [0.3, 0.4) is 0 Å². The van der Waals surface area contributed by atoms with Crippen LogP contribution in [0.25, 0.3) is 0 Å². The number of amides is 1. The predicted octanol–water partition coefficient (Wildman–Crippen LogP) is 4.97. The van der Waals surface area contributed by atoms with Crippen LogP contribution in [0.5, 0.6) is 5.75 Å². The molecule has 2 aromatic carbocycles. The fourth-order valence-corrected chi connectivity index (χ4v) is 4.18. The van der Waals surface area contributed by atoms with Crippen LogP contribution in [0, 0.1) is 0 Å². The third-order valence-electron chi connectivity index (χ3n) is 5.71. The molecular weight excluding hydrogens is 392 g/mol. The van der Waals surface area contributed by atoms with Gasteiger partial charge in [-0.1, -0.05) is 6.07 Å². The summed E-state index contributed by atoms with van der Waals surface area (Å²) in [5.74, 6) is 0.931. The molecule has 0 atom stereocenters. The summed E-state index contributed by atoms with van der Waals surface area (Å²) in [7, 11) is 0. The van der Waals surface area contributed by atoms with Crippen molar-refractivity contribution in [3.8, 4) is 5.75 Å². The SMILES string of the molecule is CC(C)(C)OC(=O)N1CCC(Oc2cccc3c2CCN3c2ccc(C=O)cc2)CC1. The van der Waals surface area contributed by atoms with Gasteiger partial charge in [-0.2, -0.15) is 0 Å². The Balaban J connectivity index is 1.40. The van der Waals surface area contributed by atoms with Gasteiger partial charge in [-0.05, 0) is 63.6 Å². The lowest BCUT2D eigenvalue weighted by Crippen LogP contribution is -2.44. The molecular formula is C25H30N2O4. The van der Waals surface area contributed by atoms with Crippen molar-refractivity contribution in [1.29, 1.82) is 0 Å². The van der Waals surface area contributed by atoms with Crippen LogP contribution in [0.4, 0.5) is 16.2 Å². The summed E-state index contributed by atoms with van der Waals surface area (Å²) in [6.07, 6.45) is 3.20. The van der Waals surface area contributed by atoms with Crippen molar-refractivity contribution in [2.75, 3.05) is 24.5 Å². The first-order chi connectivity index (χ1) is 14.8. The van der Waals surface area contributed by atoms with Crippen molar-refractivity contribution < 1.29 is 19.1 Å². The standard InChI is InChI=1S/C25H30N2O4/c1-25(2,3)31-24(29)26-14-11-20(12-15-26)30-23-6-4-5-22-21(23)13-16-27(22)19-9-7-18(17-28)8-10-19/h4-10,17,20H,11-16H2,1-3H3. The Morgan fingerprint density at radius 3 is 2.39 bits per heavy atom. The van der Waals surface area contributed by atoms with E-state index < -0.39 is 5.60 Å². The zero-order valence-corrected chi connectivity index (χ0v) is 18.5. The highest BCUT2D eigenvalue weighted by atomic mass is 16.6. The number of hydrogen-bond donors (Lipinski definition) is 0. The van der Waals surface area contributed by atoms with Crippen LogP contribution < -0.4 is 9.64 Å². The highest BCUT2D eigenvalue weighted by Gasteiger charge is 2.29. The molecule has 2 aliphatic heterocycles. The van der Waals surface area contributed by atoms with Crippen molar-refractivity contribution in [3.63, 3.8) is 0 Å². The number of piperidine rings is 1. The summed E-state index contributed by atoms with van der Waals surface area (Å²) in [6, 6.07) is 13.9. The second kappa shape index (κ2) is 8.61. The molecule has 0 saturated carbocycles. The molecule has 0 N–H and O–H groups in total. The maximum absolute atomic E-state index is 12.3. The number of benzene rings is 2. The van der Waals surface area contributed by atoms with E-state index in [-0.39, 0.29) is 12.2 Å². The number of aldehydes is 1. The van der Waals surface area contributed by atoms with Gasteiger partial charge in [-0.3, -0.25) is 4.79 Å². The molecule has 0 aromatic heterocycles. The first-order valence-corrected chi connectivity index (χ1v) is 10.9. The number of fused-ring (bicyclic) bond motifs is 1. The molecule has 0 spiro atoms. The van der Waals surface area contributed by atoms with Crippen LogP contribution in [-0.4, -0.2) is 48.6 Å². The highest BCUT2D eigenvalue weighted by Crippen LogP contribution is 2.40. The Hall–Kier alpha value is -3.02. The van der Waals surface area contributed by atoms with E-state index in [0.29, 0.717) is 18.7 Å². The minimum Gasteiger partial charge on any atom is -0.490 e. The smallest absolute Gasteiger partial charge is 0.410 e. The molecule has 0 radical (unpaired) electrons. The van der Waals surface area contributed by atoms with E-state index in [4.69, 9.17) is 9.47 Å². The van der Waals surface area contributed by atoms with E-state index in [9.17, 15) is 9.59 Å². The van der Waals surface area contributed by atoms with Crippen LogP contribution in [0.15, 0.2) is 42.5 Å². The Labute approximate surface area is 183 Å². The summed E-state index contributed by atoms with van der Waals surface area (Å²) in [5, 5.41) is 0. The fourth-order valence-electron chi connectivity index (χ4n) is 4.18. The molecule has 1 fully saturated rings. The topological polar surface area (TPSA) is 59.1 Å². The Kier molecular flexibility index (Phi) is 5.90. The van der Waals surface area contributed by atoms with Crippen molar-refractivity contribution in [1.82, 2.24) is 4.90 Å². The molecule has 2 aromatic rings. The zero-order chi connectivity index (χ0) is 22.0. The second-order valence-electron chi connectivity index (χ2n) is 9.15. The number of ether oxygens (including phenoxy) is 2. The van der Waals surface area contributed by atoms with Gasteiger partial charge < -0.3 is 19.3 Å². The van der Waals surface area contributed by atoms with E-state index >= 15 is 0 Å². The summed E-state index contributed by atoms with van der Waals surface area (Å²) < 4.78 is 11.9. The zero-order valence-electron chi connectivity index (χ0n) is 18.5. The molecule has 1 amide bonds. The number of nitrogens with zero attached hydrogens (tertiary/aromatic N) is 2. The number of likely N-dealkylation sites (tertiary alicyclic amines) is 1. The third kappa shape index (κ3) is 4.84. The molecule has 1 saturated heterocycles. The summed E-state index contributed by atoms with van der Waals surface area (Å²) in [5.41, 5.74) is 3.65. The maximum atomic E-state index is 12.3. The Morgan fingerprint density at radius 2 is 1.74 bits per heavy atom. The van der Waals surface area contributed by atoms with Gasteiger partial charge in [-0.15, -0.1) is 0 Å². The van der Waals surface area contributed by atoms with Gasteiger partial charge in [0.05, 0.1) is 0 Å². The van der Waals surface area contributed by atoms with Crippen LogP contribution in [0.2, 0.25) is 0 Å². The lowest BCUT2D eigenvalue weighted by molar-refractivity contribution is 0.0126. The monoisotopic (exact) mass is 422 g/mol. The number of carbonyl (C=O) groups is 2. The van der Waals surface area contributed by atoms with E-state index in [0.717, 1.165) is 49.2 Å². The molecule has 0 aliphatic carbocycles. The molecule has 2 aliphatic rings. The molecule has 6 heteroatoms. The lowest BCUT2D eigenvalue weighted by atomic mass is 10.1. The van der Waals surface area contributed by atoms with Gasteiger partial charge >= 0.3 is 6.09 Å². The molecule has 0 unspecified atom stereocenters. The van der Waals surface area contributed by atoms with Crippen molar-refractivity contribution in [2.24, 2.45) is 0 Å². The van der Waals surface area contributed by atoms with E-state index in [1.54, 1.807) is 4.90 Å². The fraction of sp³-hybridized carbons (Fsp3) is 0.440. The summed E-state index contributed by atoms with van der Waals surface area (Å²) in [4.78, 5) is 27.2. The quantitative estimate of drug-likeness (QED) is 0.651. The Bertz CT molecular complexity index is 941. The van der Waals surface area contributed by atoms with Crippen molar-refractivity contribution >= 4 is 23.8 Å². The first-order valence-electron chi connectivity index (χ1n) is 10.9. The van der Waals surface area contributed by atoms with Gasteiger partial charge in [0.1, 0.15) is 23.7 Å². The number of carbonyl (C=O) groups excluding carboxylic acids is 2. The normalized spacial score (nSPS) is 16.7. The molecule has 31 heavy (non-hydrogen) atoms. The number of rotatable bonds is 4. The molecule has 0 bridgehead atoms. The molecule has 4 rings (SSSR count). The third-order valence-corrected chi connectivity index (χ3v) is 5.71. The van der Waals surface area contributed by atoms with Gasteiger partial charge in [0.15, 0.2) is 0 Å². The van der Waals surface area contributed by atoms with Crippen molar-refractivity contribution in [2.45, 2.75) is 51.7 Å². The average molecular weight is 423 g/mol. The summed E-state index contributed by atoms with van der Waals surface area (Å²) in [6.45, 7) is 7.82. The minimum absolute atomic E-state index is 0.0890. The van der Waals surface area contributed by atoms with Gasteiger partial charge in [0, 0.05) is 55.0 Å². The van der Waals surface area contributed by atoms with E-state index in [1.807, 2.05) is 57.2 Å². The highest BCUT2D eigenvalue weighted by molar-refractivity contribution is 5.78. The van der Waals surface area contributed by atoms with Crippen LogP contribution in [-0.2, 0) is 11.2 Å². The summed E-state index contributed by atoms with van der Waals surface area (Å²) >= 11 is 0. The van der Waals surface area contributed by atoms with Gasteiger partial charge in [-0.25, -0.2) is 4.79 Å². The predicted molar refractivity (Wildman–Crippen MR) is 120 cm³/mol. The second-order valence-corrected chi connectivity index (χ2v) is 9.15. The molecule has 2 heterocycles. The van der Waals surface area contributed by atoms with Crippen molar-refractivity contribution in [3.05, 3.63) is 53.6 Å². The first kappa shape index (κ1) is 21.2. The Morgan fingerprint density at radius 1 is 1.03 bits per heavy atom. The average Bonchev–Trinajstić information content (AvgIpc) is 3.18. The largest absolute Gasteiger partial charge is 0.490 e. The van der Waals surface area contributed by atoms with Crippen LogP contribution >= 0.6 is 0 Å².